The van der Waals surface area contributed by atoms with Gasteiger partial charge < -0.3 is 14.5 Å². The van der Waals surface area contributed by atoms with Gasteiger partial charge in [0.25, 0.3) is 0 Å². The molecule has 15 heavy (non-hydrogen) atoms. The summed E-state index contributed by atoms with van der Waals surface area (Å²) in [4.78, 5) is 0. The third kappa shape index (κ3) is 2.82. The van der Waals surface area contributed by atoms with E-state index in [4.69, 9.17) is 20.8 Å². The molecule has 0 aliphatic carbocycles. The van der Waals surface area contributed by atoms with Crippen molar-refractivity contribution in [1.82, 2.24) is 10.2 Å². The average molecular weight is 232 g/mol. The maximum atomic E-state index is 5.80. The van der Waals surface area contributed by atoms with E-state index in [1.807, 2.05) is 0 Å². The summed E-state index contributed by atoms with van der Waals surface area (Å²) < 4.78 is 10.6. The molecule has 1 aliphatic rings. The zero-order chi connectivity index (χ0) is 10.7. The Bertz CT molecular complexity index is 310. The van der Waals surface area contributed by atoms with Gasteiger partial charge in [-0.25, -0.2) is 0 Å². The summed E-state index contributed by atoms with van der Waals surface area (Å²) in [5.41, 5.74) is 0. The molecule has 0 spiro atoms. The Kier molecular flexibility index (Phi) is 3.43. The van der Waals surface area contributed by atoms with E-state index >= 15 is 0 Å². The van der Waals surface area contributed by atoms with Gasteiger partial charge in [-0.05, 0) is 13.3 Å². The Hall–Kier alpha value is -0.810. The Morgan fingerprint density at radius 2 is 2.47 bits per heavy atom. The number of hydrogen-bond acceptors (Lipinski definition) is 5. The van der Waals surface area contributed by atoms with E-state index in [2.05, 4.69) is 15.5 Å². The molecule has 1 aromatic rings. The molecule has 0 saturated carbocycles. The zero-order valence-electron chi connectivity index (χ0n) is 8.57. The molecule has 6 heteroatoms. The molecule has 0 radical (unpaired) electrons. The first-order chi connectivity index (χ1) is 7.25. The molecule has 2 unspecified atom stereocenters. The highest BCUT2D eigenvalue weighted by molar-refractivity contribution is 6.20. The fourth-order valence-corrected chi connectivity index (χ4v) is 1.53. The van der Waals surface area contributed by atoms with Gasteiger partial charge in [0.2, 0.25) is 5.89 Å². The lowest BCUT2D eigenvalue weighted by molar-refractivity contribution is 0.187. The van der Waals surface area contributed by atoms with Gasteiger partial charge in [0, 0.05) is 19.1 Å². The smallest absolute Gasteiger partial charge is 0.315 e. The van der Waals surface area contributed by atoms with Crippen LogP contribution in [0, 0.1) is 5.92 Å². The Labute approximate surface area is 93.1 Å². The monoisotopic (exact) mass is 231 g/mol. The lowest BCUT2D eigenvalue weighted by atomic mass is 10.1. The molecular weight excluding hydrogens is 218 g/mol. The maximum absolute atomic E-state index is 5.80. The van der Waals surface area contributed by atoms with Gasteiger partial charge in [0.05, 0.1) is 6.61 Å². The summed E-state index contributed by atoms with van der Waals surface area (Å²) in [5.74, 6) is 0.982. The molecular formula is C9H14ClN3O2. The van der Waals surface area contributed by atoms with Crippen LogP contribution < -0.4 is 5.32 Å². The third-order valence-electron chi connectivity index (χ3n) is 2.35. The second-order valence-corrected chi connectivity index (χ2v) is 4.33. The van der Waals surface area contributed by atoms with E-state index in [-0.39, 0.29) is 5.38 Å². The van der Waals surface area contributed by atoms with E-state index in [0.717, 1.165) is 26.2 Å². The normalized spacial score (nSPS) is 22.9. The van der Waals surface area contributed by atoms with Crippen LogP contribution in [0.1, 0.15) is 24.6 Å². The van der Waals surface area contributed by atoms with Crippen LogP contribution in [0.15, 0.2) is 4.42 Å². The molecule has 0 bridgehead atoms. The van der Waals surface area contributed by atoms with Crippen molar-refractivity contribution < 1.29 is 9.15 Å². The Morgan fingerprint density at radius 3 is 3.07 bits per heavy atom. The first-order valence-corrected chi connectivity index (χ1v) is 5.48. The molecule has 1 saturated heterocycles. The SMILES string of the molecule is CC(Cl)c1nnc(NCC2CCOC2)o1. The molecule has 84 valence electrons. The molecule has 0 aromatic carbocycles. The number of rotatable bonds is 4. The summed E-state index contributed by atoms with van der Waals surface area (Å²) in [5, 5.41) is 10.5. The molecule has 2 rings (SSSR count). The number of nitrogens with one attached hydrogen (secondary N) is 1. The number of anilines is 1. The minimum Gasteiger partial charge on any atom is -0.407 e. The highest BCUT2D eigenvalue weighted by Gasteiger charge is 2.17. The van der Waals surface area contributed by atoms with Gasteiger partial charge >= 0.3 is 6.01 Å². The summed E-state index contributed by atoms with van der Waals surface area (Å²) in [6.07, 6.45) is 1.08. The predicted molar refractivity (Wildman–Crippen MR) is 56.0 cm³/mol. The first-order valence-electron chi connectivity index (χ1n) is 5.05. The van der Waals surface area contributed by atoms with Crippen molar-refractivity contribution in [2.75, 3.05) is 25.1 Å². The van der Waals surface area contributed by atoms with Gasteiger partial charge in [0.15, 0.2) is 0 Å². The van der Waals surface area contributed by atoms with E-state index in [1.165, 1.54) is 0 Å². The van der Waals surface area contributed by atoms with Crippen LogP contribution in [-0.2, 0) is 4.74 Å². The minimum absolute atomic E-state index is 0.247. The van der Waals surface area contributed by atoms with Crippen LogP contribution in [0.3, 0.4) is 0 Å². The molecule has 1 aliphatic heterocycles. The summed E-state index contributed by atoms with van der Waals surface area (Å²) >= 11 is 5.80. The lowest BCUT2D eigenvalue weighted by Gasteiger charge is -2.06. The van der Waals surface area contributed by atoms with Crippen molar-refractivity contribution in [3.05, 3.63) is 5.89 Å². The highest BCUT2D eigenvalue weighted by Crippen LogP contribution is 2.20. The van der Waals surface area contributed by atoms with Gasteiger partial charge in [-0.2, -0.15) is 0 Å². The fourth-order valence-electron chi connectivity index (χ4n) is 1.44. The van der Waals surface area contributed by atoms with Crippen molar-refractivity contribution in [2.45, 2.75) is 18.7 Å². The van der Waals surface area contributed by atoms with Gasteiger partial charge in [-0.1, -0.05) is 5.10 Å². The molecule has 1 aromatic heterocycles. The summed E-state index contributed by atoms with van der Waals surface area (Å²) in [7, 11) is 0. The van der Waals surface area contributed by atoms with Crippen LogP contribution in [0.4, 0.5) is 6.01 Å². The molecule has 1 N–H and O–H groups in total. The van der Waals surface area contributed by atoms with E-state index in [0.29, 0.717) is 17.8 Å². The van der Waals surface area contributed by atoms with Crippen molar-refractivity contribution in [2.24, 2.45) is 5.92 Å². The molecule has 1 fully saturated rings. The van der Waals surface area contributed by atoms with Crippen LogP contribution in [0.5, 0.6) is 0 Å². The number of hydrogen-bond donors (Lipinski definition) is 1. The van der Waals surface area contributed by atoms with E-state index in [9.17, 15) is 0 Å². The average Bonchev–Trinajstić information content (AvgIpc) is 2.86. The maximum Gasteiger partial charge on any atom is 0.315 e. The van der Waals surface area contributed by atoms with Crippen LogP contribution in [-0.4, -0.2) is 30.0 Å². The van der Waals surface area contributed by atoms with Crippen LogP contribution in [0.2, 0.25) is 0 Å². The Morgan fingerprint density at radius 1 is 1.60 bits per heavy atom. The number of nitrogens with zero attached hydrogens (tertiary/aromatic N) is 2. The van der Waals surface area contributed by atoms with Crippen molar-refractivity contribution in [3.8, 4) is 0 Å². The highest BCUT2D eigenvalue weighted by atomic mass is 35.5. The molecule has 2 atom stereocenters. The molecule has 0 amide bonds. The first kappa shape index (κ1) is 10.7. The van der Waals surface area contributed by atoms with Gasteiger partial charge in [0.1, 0.15) is 5.38 Å². The summed E-state index contributed by atoms with van der Waals surface area (Å²) in [6, 6.07) is 0.435. The van der Waals surface area contributed by atoms with Gasteiger partial charge in [-0.15, -0.1) is 16.7 Å². The topological polar surface area (TPSA) is 60.2 Å². The number of ether oxygens (including phenoxy) is 1. The van der Waals surface area contributed by atoms with E-state index in [1.54, 1.807) is 6.92 Å². The molecule has 2 heterocycles. The van der Waals surface area contributed by atoms with E-state index < -0.39 is 0 Å². The summed E-state index contributed by atoms with van der Waals surface area (Å²) in [6.45, 7) is 4.25. The fraction of sp³-hybridized carbons (Fsp3) is 0.778. The zero-order valence-corrected chi connectivity index (χ0v) is 9.33. The van der Waals surface area contributed by atoms with Crippen molar-refractivity contribution in [3.63, 3.8) is 0 Å². The predicted octanol–water partition coefficient (Wildman–Crippen LogP) is 1.82. The second kappa shape index (κ2) is 4.81. The third-order valence-corrected chi connectivity index (χ3v) is 2.53. The molecule has 5 nitrogen and oxygen atoms in total. The van der Waals surface area contributed by atoms with Crippen LogP contribution >= 0.6 is 11.6 Å². The number of halogens is 1. The number of aromatic nitrogens is 2. The minimum atomic E-state index is -0.247. The largest absolute Gasteiger partial charge is 0.407 e. The quantitative estimate of drug-likeness (QED) is 0.801. The number of alkyl halides is 1. The van der Waals surface area contributed by atoms with Crippen molar-refractivity contribution >= 4 is 17.6 Å². The standard InChI is InChI=1S/C9H14ClN3O2/c1-6(10)8-12-13-9(15-8)11-4-7-2-3-14-5-7/h6-7H,2-5H2,1H3,(H,11,13). The second-order valence-electron chi connectivity index (χ2n) is 3.67. The van der Waals surface area contributed by atoms with Crippen LogP contribution in [0.25, 0.3) is 0 Å². The Balaban J connectivity index is 1.82. The van der Waals surface area contributed by atoms with Gasteiger partial charge in [-0.3, -0.25) is 0 Å². The lowest BCUT2D eigenvalue weighted by Crippen LogP contribution is -2.14. The van der Waals surface area contributed by atoms with Crippen molar-refractivity contribution in [1.29, 1.82) is 0 Å².